The van der Waals surface area contributed by atoms with Gasteiger partial charge in [-0.25, -0.2) is 18.2 Å². The molecule has 1 aromatic carbocycles. The van der Waals surface area contributed by atoms with Crippen LogP contribution in [0.2, 0.25) is 10.0 Å². The Labute approximate surface area is 130 Å². The van der Waals surface area contributed by atoms with Gasteiger partial charge in [0.2, 0.25) is 0 Å². The number of aryl methyl sites for hydroxylation is 1. The molecule has 7 nitrogen and oxygen atoms in total. The fourth-order valence-corrected chi connectivity index (χ4v) is 3.92. The predicted octanol–water partition coefficient (Wildman–Crippen LogP) is 1.79. The van der Waals surface area contributed by atoms with Crippen molar-refractivity contribution in [3.63, 3.8) is 0 Å². The first-order valence-electron chi connectivity index (χ1n) is 5.50. The third-order valence-corrected chi connectivity index (χ3v) is 5.06. The van der Waals surface area contributed by atoms with Crippen LogP contribution in [0.4, 0.5) is 0 Å². The Hall–Kier alpha value is -1.64. The van der Waals surface area contributed by atoms with Crippen molar-refractivity contribution in [1.82, 2.24) is 14.8 Å². The Bertz CT molecular complexity index is 817. The van der Waals surface area contributed by atoms with Crippen LogP contribution in [0, 0.1) is 0 Å². The first-order chi connectivity index (χ1) is 9.72. The topological polar surface area (TPSA) is 102 Å². The van der Waals surface area contributed by atoms with Crippen molar-refractivity contribution in [1.29, 1.82) is 0 Å². The molecule has 0 aliphatic rings. The minimum atomic E-state index is -3.92. The minimum Gasteiger partial charge on any atom is -0.478 e. The number of aromatic nitrogens is 3. The van der Waals surface area contributed by atoms with Crippen LogP contribution in [0.1, 0.15) is 16.2 Å². The average molecular weight is 350 g/mol. The molecule has 0 aliphatic heterocycles. The summed E-state index contributed by atoms with van der Waals surface area (Å²) in [5, 5.41) is 12.4. The lowest BCUT2D eigenvalue weighted by atomic mass is 10.2. The molecule has 21 heavy (non-hydrogen) atoms. The van der Waals surface area contributed by atoms with Crippen molar-refractivity contribution in [3.8, 4) is 0 Å². The number of carboxylic acids is 1. The normalized spacial score (nSPS) is 11.6. The number of aromatic carboxylic acids is 1. The van der Waals surface area contributed by atoms with Crippen molar-refractivity contribution < 1.29 is 18.3 Å². The Morgan fingerprint density at radius 2 is 2.05 bits per heavy atom. The van der Waals surface area contributed by atoms with Gasteiger partial charge in [-0.1, -0.05) is 23.2 Å². The van der Waals surface area contributed by atoms with E-state index in [-0.39, 0.29) is 26.3 Å². The van der Waals surface area contributed by atoms with Crippen LogP contribution >= 0.6 is 23.2 Å². The van der Waals surface area contributed by atoms with Crippen LogP contribution in [0.25, 0.3) is 0 Å². The van der Waals surface area contributed by atoms with Gasteiger partial charge < -0.3 is 5.11 Å². The highest BCUT2D eigenvalue weighted by Crippen LogP contribution is 2.31. The molecule has 1 heterocycles. The van der Waals surface area contributed by atoms with Gasteiger partial charge in [0.05, 0.1) is 15.5 Å². The zero-order valence-electron chi connectivity index (χ0n) is 10.6. The number of rotatable bonds is 4. The SMILES string of the molecule is Cn1ncnc1CS(=O)(=O)c1cc(Cl)cc(C(=O)O)c1Cl. The van der Waals surface area contributed by atoms with Crippen LogP contribution in [0.15, 0.2) is 23.4 Å². The number of hydrogen-bond donors (Lipinski definition) is 1. The first kappa shape index (κ1) is 15.7. The second-order valence-electron chi connectivity index (χ2n) is 4.13. The van der Waals surface area contributed by atoms with Crippen LogP contribution in [-0.4, -0.2) is 34.3 Å². The van der Waals surface area contributed by atoms with E-state index in [0.717, 1.165) is 12.1 Å². The Morgan fingerprint density at radius 1 is 1.38 bits per heavy atom. The zero-order valence-corrected chi connectivity index (χ0v) is 12.9. The molecule has 0 saturated carbocycles. The zero-order chi connectivity index (χ0) is 15.8. The maximum absolute atomic E-state index is 12.4. The van der Waals surface area contributed by atoms with E-state index < -0.39 is 21.6 Å². The Kier molecular flexibility index (Phi) is 4.22. The van der Waals surface area contributed by atoms with E-state index in [2.05, 4.69) is 10.1 Å². The molecule has 1 N–H and O–H groups in total. The molecule has 0 bridgehead atoms. The Balaban J connectivity index is 2.55. The average Bonchev–Trinajstić information content (AvgIpc) is 2.76. The summed E-state index contributed by atoms with van der Waals surface area (Å²) < 4.78 is 26.1. The van der Waals surface area contributed by atoms with Gasteiger partial charge in [0.25, 0.3) is 0 Å². The van der Waals surface area contributed by atoms with Crippen molar-refractivity contribution in [2.75, 3.05) is 0 Å². The Morgan fingerprint density at radius 3 is 2.57 bits per heavy atom. The van der Waals surface area contributed by atoms with Crippen molar-refractivity contribution >= 4 is 39.0 Å². The van der Waals surface area contributed by atoms with Gasteiger partial charge >= 0.3 is 5.97 Å². The number of carbonyl (C=O) groups is 1. The summed E-state index contributed by atoms with van der Waals surface area (Å²) in [5.41, 5.74) is -0.374. The maximum Gasteiger partial charge on any atom is 0.337 e. The van der Waals surface area contributed by atoms with Gasteiger partial charge in [-0.15, -0.1) is 0 Å². The lowest BCUT2D eigenvalue weighted by Gasteiger charge is -2.09. The lowest BCUT2D eigenvalue weighted by Crippen LogP contribution is -2.12. The summed E-state index contributed by atoms with van der Waals surface area (Å²) in [6, 6.07) is 2.20. The lowest BCUT2D eigenvalue weighted by molar-refractivity contribution is 0.0697. The number of carboxylic acid groups (broad SMARTS) is 1. The highest BCUT2D eigenvalue weighted by Gasteiger charge is 2.25. The minimum absolute atomic E-state index is 0.0339. The van der Waals surface area contributed by atoms with E-state index in [0.29, 0.717) is 0 Å². The number of nitrogens with zero attached hydrogens (tertiary/aromatic N) is 3. The third-order valence-electron chi connectivity index (χ3n) is 2.69. The summed E-state index contributed by atoms with van der Waals surface area (Å²) >= 11 is 11.6. The molecule has 0 unspecified atom stereocenters. The largest absolute Gasteiger partial charge is 0.478 e. The molecule has 2 rings (SSSR count). The molecule has 0 spiro atoms. The molecule has 0 fully saturated rings. The quantitative estimate of drug-likeness (QED) is 0.902. The smallest absolute Gasteiger partial charge is 0.337 e. The van der Waals surface area contributed by atoms with E-state index in [1.165, 1.54) is 11.0 Å². The summed E-state index contributed by atoms with van der Waals surface area (Å²) in [5.74, 6) is -1.64. The number of benzene rings is 1. The van der Waals surface area contributed by atoms with Crippen LogP contribution in [0.5, 0.6) is 0 Å². The van der Waals surface area contributed by atoms with Gasteiger partial charge in [0, 0.05) is 12.1 Å². The highest BCUT2D eigenvalue weighted by atomic mass is 35.5. The number of halogens is 2. The molecule has 0 aliphatic carbocycles. The standard InChI is InChI=1S/C11H9Cl2N3O4S/c1-16-9(14-5-15-16)4-21(19,20)8-3-6(12)2-7(10(8)13)11(17)18/h2-3,5H,4H2,1H3,(H,17,18). The first-order valence-corrected chi connectivity index (χ1v) is 7.91. The fourth-order valence-electron chi connectivity index (χ4n) is 1.64. The van der Waals surface area contributed by atoms with Crippen molar-refractivity contribution in [2.24, 2.45) is 7.05 Å². The van der Waals surface area contributed by atoms with Gasteiger partial charge in [-0.3, -0.25) is 4.68 Å². The fraction of sp³-hybridized carbons (Fsp3) is 0.182. The molecule has 1 aromatic heterocycles. The molecule has 10 heteroatoms. The van der Waals surface area contributed by atoms with Gasteiger partial charge in [-0.2, -0.15) is 5.10 Å². The monoisotopic (exact) mass is 349 g/mol. The summed E-state index contributed by atoms with van der Waals surface area (Å²) in [6.07, 6.45) is 1.22. The number of hydrogen-bond acceptors (Lipinski definition) is 5. The molecular formula is C11H9Cl2N3O4S. The molecule has 0 radical (unpaired) electrons. The molecule has 2 aromatic rings. The second kappa shape index (κ2) is 5.63. The van der Waals surface area contributed by atoms with E-state index in [4.69, 9.17) is 28.3 Å². The predicted molar refractivity (Wildman–Crippen MR) is 75.3 cm³/mol. The number of sulfone groups is 1. The van der Waals surface area contributed by atoms with Crippen LogP contribution in [-0.2, 0) is 22.6 Å². The van der Waals surface area contributed by atoms with E-state index in [1.54, 1.807) is 7.05 Å². The summed E-state index contributed by atoms with van der Waals surface area (Å²) in [4.78, 5) is 14.5. The second-order valence-corrected chi connectivity index (χ2v) is 6.90. The third kappa shape index (κ3) is 3.17. The molecule has 0 atom stereocenters. The van der Waals surface area contributed by atoms with E-state index >= 15 is 0 Å². The van der Waals surface area contributed by atoms with Crippen LogP contribution < -0.4 is 0 Å². The van der Waals surface area contributed by atoms with Gasteiger partial charge in [0.1, 0.15) is 17.9 Å². The van der Waals surface area contributed by atoms with Crippen molar-refractivity contribution in [2.45, 2.75) is 10.6 Å². The van der Waals surface area contributed by atoms with E-state index in [1.807, 2.05) is 0 Å². The summed E-state index contributed by atoms with van der Waals surface area (Å²) in [6.45, 7) is 0. The molecule has 0 amide bonds. The highest BCUT2D eigenvalue weighted by molar-refractivity contribution is 7.90. The summed E-state index contributed by atoms with van der Waals surface area (Å²) in [7, 11) is -2.38. The molecular weight excluding hydrogens is 341 g/mol. The maximum atomic E-state index is 12.4. The van der Waals surface area contributed by atoms with Crippen molar-refractivity contribution in [3.05, 3.63) is 39.9 Å². The van der Waals surface area contributed by atoms with E-state index in [9.17, 15) is 13.2 Å². The molecule has 112 valence electrons. The van der Waals surface area contributed by atoms with Gasteiger partial charge in [0.15, 0.2) is 9.84 Å². The molecule has 0 saturated heterocycles. The van der Waals surface area contributed by atoms with Gasteiger partial charge in [-0.05, 0) is 12.1 Å². The van der Waals surface area contributed by atoms with Crippen LogP contribution in [0.3, 0.4) is 0 Å².